The average Bonchev–Trinajstić information content (AvgIpc) is 2.93. The van der Waals surface area contributed by atoms with Gasteiger partial charge >= 0.3 is 0 Å². The van der Waals surface area contributed by atoms with Crippen LogP contribution in [0, 0.1) is 45.3 Å². The first-order valence-electron chi connectivity index (χ1n) is 13.6. The van der Waals surface area contributed by atoms with Gasteiger partial charge < -0.3 is 0 Å². The molecule has 0 N–H and O–H groups in total. The van der Waals surface area contributed by atoms with Gasteiger partial charge in [-0.25, -0.2) is 0 Å². The molecule has 0 heterocycles. The Bertz CT molecular complexity index is 832. The summed E-state index contributed by atoms with van der Waals surface area (Å²) >= 11 is 0. The maximum atomic E-state index is 14.0. The zero-order chi connectivity index (χ0) is 23.7. The monoisotopic (exact) mass is 440 g/mol. The molecule has 180 valence electrons. The van der Waals surface area contributed by atoms with Crippen molar-refractivity contribution in [3.63, 3.8) is 0 Å². The molecule has 0 saturated heterocycles. The molecule has 6 atom stereocenters. The molecule has 0 spiro atoms. The summed E-state index contributed by atoms with van der Waals surface area (Å²) in [6.45, 7) is 18.8. The molecule has 0 aliphatic heterocycles. The minimum absolute atomic E-state index is 0.0802. The van der Waals surface area contributed by atoms with Crippen molar-refractivity contribution in [1.29, 1.82) is 0 Å². The molecular weight excluding hydrogens is 392 g/mol. The molecule has 0 aromatic rings. The van der Waals surface area contributed by atoms with E-state index in [0.717, 1.165) is 29.9 Å². The lowest BCUT2D eigenvalue weighted by Crippen LogP contribution is -2.56. The quantitative estimate of drug-likeness (QED) is 0.434. The second-order valence-electron chi connectivity index (χ2n) is 14.0. The number of carbonyl (C=O) groups excluding carboxylic acids is 2. The van der Waals surface area contributed by atoms with Crippen molar-refractivity contribution in [2.75, 3.05) is 0 Å². The van der Waals surface area contributed by atoms with Gasteiger partial charge in [0.15, 0.2) is 11.6 Å². The lowest BCUT2D eigenvalue weighted by atomic mass is 9.43. The maximum absolute atomic E-state index is 14.0. The van der Waals surface area contributed by atoms with E-state index < -0.39 is 0 Å². The van der Waals surface area contributed by atoms with Gasteiger partial charge in [0.1, 0.15) is 0 Å². The van der Waals surface area contributed by atoms with Crippen LogP contribution in [0.15, 0.2) is 11.1 Å². The minimum atomic E-state index is -0.139. The first-order chi connectivity index (χ1) is 14.8. The summed E-state index contributed by atoms with van der Waals surface area (Å²) in [5, 5.41) is 0. The largest absolute Gasteiger partial charge is 0.295 e. The van der Waals surface area contributed by atoms with Gasteiger partial charge in [0.2, 0.25) is 0 Å². The molecule has 2 saturated carbocycles. The van der Waals surface area contributed by atoms with Crippen LogP contribution in [-0.2, 0) is 9.59 Å². The molecular formula is C30H48O2. The van der Waals surface area contributed by atoms with Gasteiger partial charge in [-0.05, 0) is 60.2 Å². The molecule has 2 fully saturated rings. The molecule has 6 unspecified atom stereocenters. The van der Waals surface area contributed by atoms with Crippen LogP contribution in [0.1, 0.15) is 120 Å². The van der Waals surface area contributed by atoms with Crippen LogP contribution in [-0.4, -0.2) is 11.6 Å². The fraction of sp³-hybridized carbons (Fsp3) is 0.867. The Kier molecular flexibility index (Phi) is 5.91. The SMILES string of the molecule is CC(C)CCCC(C)C1CCC2(C)C3=C(C(=O)CC12C)C1(C)CCCC(C)(C)C1CC3=O. The summed E-state index contributed by atoms with van der Waals surface area (Å²) in [5.41, 5.74) is 1.77. The number of fused-ring (bicyclic) bond motifs is 4. The van der Waals surface area contributed by atoms with Crippen molar-refractivity contribution >= 4 is 11.6 Å². The van der Waals surface area contributed by atoms with Crippen molar-refractivity contribution in [1.82, 2.24) is 0 Å². The first-order valence-corrected chi connectivity index (χ1v) is 13.6. The number of hydrogen-bond donors (Lipinski definition) is 0. The zero-order valence-corrected chi connectivity index (χ0v) is 22.2. The Morgan fingerprint density at radius 2 is 1.56 bits per heavy atom. The van der Waals surface area contributed by atoms with Gasteiger partial charge in [-0.15, -0.1) is 0 Å². The van der Waals surface area contributed by atoms with E-state index in [-0.39, 0.29) is 21.7 Å². The standard InChI is InChI=1S/C30H48O2/c1-19(2)11-9-12-20(3)21-13-16-29(7)26-22(31)17-24-27(4,5)14-10-15-28(24,6)25(26)23(32)18-30(21,29)8/h19-21,24H,9-18H2,1-8H3. The Morgan fingerprint density at radius 1 is 0.875 bits per heavy atom. The summed E-state index contributed by atoms with van der Waals surface area (Å²) in [6, 6.07) is 0. The van der Waals surface area contributed by atoms with Crippen LogP contribution in [0.3, 0.4) is 0 Å². The fourth-order valence-electron chi connectivity index (χ4n) is 9.25. The van der Waals surface area contributed by atoms with Gasteiger partial charge in [-0.2, -0.15) is 0 Å². The van der Waals surface area contributed by atoms with E-state index >= 15 is 0 Å². The minimum Gasteiger partial charge on any atom is -0.295 e. The summed E-state index contributed by atoms with van der Waals surface area (Å²) in [6.07, 6.45) is 10.8. The van der Waals surface area contributed by atoms with Gasteiger partial charge in [0, 0.05) is 34.8 Å². The highest BCUT2D eigenvalue weighted by Crippen LogP contribution is 2.71. The summed E-state index contributed by atoms with van der Waals surface area (Å²) in [7, 11) is 0. The molecule has 4 aliphatic rings. The molecule has 4 aliphatic carbocycles. The molecule has 0 aromatic heterocycles. The van der Waals surface area contributed by atoms with Crippen molar-refractivity contribution < 1.29 is 9.59 Å². The predicted molar refractivity (Wildman–Crippen MR) is 132 cm³/mol. The molecule has 0 radical (unpaired) electrons. The Hall–Kier alpha value is -0.920. The smallest absolute Gasteiger partial charge is 0.160 e. The Morgan fingerprint density at radius 3 is 2.22 bits per heavy atom. The number of Topliss-reactive ketones (excluding diaryl/α,β-unsaturated/α-hetero) is 2. The van der Waals surface area contributed by atoms with E-state index in [1.54, 1.807) is 0 Å². The Balaban J connectivity index is 1.73. The van der Waals surface area contributed by atoms with Gasteiger partial charge in [0.25, 0.3) is 0 Å². The fourth-order valence-corrected chi connectivity index (χ4v) is 9.25. The number of hydrogen-bond acceptors (Lipinski definition) is 2. The lowest BCUT2D eigenvalue weighted by molar-refractivity contribution is -0.135. The molecule has 2 nitrogen and oxygen atoms in total. The highest BCUT2D eigenvalue weighted by atomic mass is 16.1. The molecule has 0 aromatic carbocycles. The molecule has 4 rings (SSSR count). The van der Waals surface area contributed by atoms with E-state index in [0.29, 0.717) is 42.2 Å². The lowest BCUT2D eigenvalue weighted by Gasteiger charge is -2.59. The molecule has 32 heavy (non-hydrogen) atoms. The zero-order valence-electron chi connectivity index (χ0n) is 22.2. The Labute approximate surface area is 197 Å². The van der Waals surface area contributed by atoms with E-state index in [9.17, 15) is 9.59 Å². The van der Waals surface area contributed by atoms with Gasteiger partial charge in [0.05, 0.1) is 0 Å². The van der Waals surface area contributed by atoms with Crippen LogP contribution in [0.4, 0.5) is 0 Å². The molecule has 2 heteroatoms. The van der Waals surface area contributed by atoms with Crippen LogP contribution in [0.2, 0.25) is 0 Å². The van der Waals surface area contributed by atoms with Crippen LogP contribution >= 0.6 is 0 Å². The van der Waals surface area contributed by atoms with Crippen LogP contribution in [0.5, 0.6) is 0 Å². The van der Waals surface area contributed by atoms with Crippen molar-refractivity contribution in [2.24, 2.45) is 45.3 Å². The number of rotatable bonds is 5. The predicted octanol–water partition coefficient (Wildman–Crippen LogP) is 7.95. The molecule has 0 bridgehead atoms. The van der Waals surface area contributed by atoms with Crippen LogP contribution in [0.25, 0.3) is 0 Å². The first kappa shape index (κ1) is 24.2. The third kappa shape index (κ3) is 3.32. The van der Waals surface area contributed by atoms with E-state index in [4.69, 9.17) is 0 Å². The van der Waals surface area contributed by atoms with E-state index in [1.807, 2.05) is 0 Å². The van der Waals surface area contributed by atoms with Crippen molar-refractivity contribution in [3.8, 4) is 0 Å². The topological polar surface area (TPSA) is 34.1 Å². The van der Waals surface area contributed by atoms with Crippen molar-refractivity contribution in [3.05, 3.63) is 11.1 Å². The summed E-state index contributed by atoms with van der Waals surface area (Å²) < 4.78 is 0. The van der Waals surface area contributed by atoms with Crippen LogP contribution < -0.4 is 0 Å². The van der Waals surface area contributed by atoms with E-state index in [2.05, 4.69) is 55.4 Å². The average molecular weight is 441 g/mol. The van der Waals surface area contributed by atoms with Crippen molar-refractivity contribution in [2.45, 2.75) is 120 Å². The third-order valence-electron chi connectivity index (χ3n) is 11.2. The second kappa shape index (κ2) is 7.81. The van der Waals surface area contributed by atoms with E-state index in [1.165, 1.54) is 38.5 Å². The highest BCUT2D eigenvalue weighted by molar-refractivity contribution is 6.11. The second-order valence-corrected chi connectivity index (χ2v) is 14.0. The van der Waals surface area contributed by atoms with Gasteiger partial charge in [-0.1, -0.05) is 81.1 Å². The highest BCUT2D eigenvalue weighted by Gasteiger charge is 2.66. The summed E-state index contributed by atoms with van der Waals surface area (Å²) in [4.78, 5) is 27.9. The molecule has 0 amide bonds. The number of carbonyl (C=O) groups is 2. The summed E-state index contributed by atoms with van der Waals surface area (Å²) in [5.74, 6) is 2.85. The normalized spacial score (nSPS) is 42.0. The van der Waals surface area contributed by atoms with Gasteiger partial charge in [-0.3, -0.25) is 9.59 Å². The number of allylic oxidation sites excluding steroid dienone is 2. The maximum Gasteiger partial charge on any atom is 0.160 e. The number of ketones is 2. The third-order valence-corrected chi connectivity index (χ3v) is 11.2.